The summed E-state index contributed by atoms with van der Waals surface area (Å²) in [6, 6.07) is 9.41. The monoisotopic (exact) mass is 326 g/mol. The molecule has 0 aliphatic rings. The molecule has 1 aromatic heterocycles. The van der Waals surface area contributed by atoms with Gasteiger partial charge in [0.15, 0.2) is 0 Å². The quantitative estimate of drug-likeness (QED) is 0.881. The number of hydrogen-bond acceptors (Lipinski definition) is 3. The smallest absolute Gasteiger partial charge is 0.247 e. The lowest BCUT2D eigenvalue weighted by Crippen LogP contribution is -2.34. The zero-order valence-corrected chi connectivity index (χ0v) is 12.9. The Morgan fingerprint density at radius 3 is 2.67 bits per heavy atom. The number of halogens is 1. The van der Waals surface area contributed by atoms with Crippen LogP contribution in [0.5, 0.6) is 0 Å². The zero-order chi connectivity index (χ0) is 15.5. The van der Waals surface area contributed by atoms with Gasteiger partial charge in [-0.25, -0.2) is 13.1 Å². The van der Waals surface area contributed by atoms with Crippen LogP contribution in [0.25, 0.3) is 0 Å². The number of aromatic amines is 1. The first kappa shape index (κ1) is 15.8. The maximum absolute atomic E-state index is 12.2. The van der Waals surface area contributed by atoms with Gasteiger partial charge in [0.2, 0.25) is 15.6 Å². The Hall–Kier alpha value is -1.63. The molecule has 0 fully saturated rings. The molecular weight excluding hydrogens is 312 g/mol. The SMILES string of the molecule is CC(Cc1cccc(Cl)c1)NS(=O)(=O)c1ccc(=O)[nH]c1. The molecule has 0 aliphatic heterocycles. The van der Waals surface area contributed by atoms with E-state index in [-0.39, 0.29) is 16.5 Å². The van der Waals surface area contributed by atoms with Crippen molar-refractivity contribution >= 4 is 21.6 Å². The highest BCUT2D eigenvalue weighted by Gasteiger charge is 2.17. The number of hydrogen-bond donors (Lipinski definition) is 2. The summed E-state index contributed by atoms with van der Waals surface area (Å²) >= 11 is 5.90. The van der Waals surface area contributed by atoms with Crippen LogP contribution in [0.1, 0.15) is 12.5 Å². The summed E-state index contributed by atoms with van der Waals surface area (Å²) in [7, 11) is -3.66. The summed E-state index contributed by atoms with van der Waals surface area (Å²) in [5, 5.41) is 0.614. The van der Waals surface area contributed by atoms with E-state index in [0.717, 1.165) is 5.56 Å². The Morgan fingerprint density at radius 2 is 2.05 bits per heavy atom. The standard InChI is InChI=1S/C14H15ClN2O3S/c1-10(7-11-3-2-4-12(15)8-11)17-21(19,20)13-5-6-14(18)16-9-13/h2-6,8-10,17H,7H2,1H3,(H,16,18). The van der Waals surface area contributed by atoms with Crippen molar-refractivity contribution in [3.63, 3.8) is 0 Å². The fourth-order valence-electron chi connectivity index (χ4n) is 1.96. The molecule has 5 nitrogen and oxygen atoms in total. The zero-order valence-electron chi connectivity index (χ0n) is 11.3. The minimum atomic E-state index is -3.66. The van der Waals surface area contributed by atoms with Crippen molar-refractivity contribution < 1.29 is 8.42 Å². The van der Waals surface area contributed by atoms with Crippen molar-refractivity contribution in [2.75, 3.05) is 0 Å². The molecule has 1 atom stereocenters. The molecule has 2 rings (SSSR count). The highest BCUT2D eigenvalue weighted by Crippen LogP contribution is 2.13. The average molecular weight is 327 g/mol. The second-order valence-corrected chi connectivity index (χ2v) is 6.90. The van der Waals surface area contributed by atoms with Crippen LogP contribution in [0.15, 0.2) is 52.3 Å². The predicted molar refractivity (Wildman–Crippen MR) is 82.0 cm³/mol. The van der Waals surface area contributed by atoms with Crippen molar-refractivity contribution in [2.24, 2.45) is 0 Å². The molecule has 0 aliphatic carbocycles. The summed E-state index contributed by atoms with van der Waals surface area (Å²) in [6.45, 7) is 1.77. The number of H-pyrrole nitrogens is 1. The molecule has 112 valence electrons. The molecule has 2 N–H and O–H groups in total. The largest absolute Gasteiger partial charge is 0.328 e. The molecule has 1 aromatic carbocycles. The van der Waals surface area contributed by atoms with E-state index >= 15 is 0 Å². The normalized spacial score (nSPS) is 13.0. The molecule has 0 bridgehead atoms. The summed E-state index contributed by atoms with van der Waals surface area (Å²) in [5.41, 5.74) is 0.597. The lowest BCUT2D eigenvalue weighted by atomic mass is 10.1. The highest BCUT2D eigenvalue weighted by atomic mass is 35.5. The number of benzene rings is 1. The van der Waals surface area contributed by atoms with E-state index in [1.165, 1.54) is 18.3 Å². The second kappa shape index (κ2) is 6.43. The molecular formula is C14H15ClN2O3S. The number of pyridine rings is 1. The van der Waals surface area contributed by atoms with Crippen LogP contribution in [-0.4, -0.2) is 19.4 Å². The predicted octanol–water partition coefficient (Wildman–Crippen LogP) is 1.94. The Kier molecular flexibility index (Phi) is 4.82. The molecule has 0 saturated carbocycles. The third-order valence-corrected chi connectivity index (χ3v) is 4.68. The van der Waals surface area contributed by atoms with Crippen molar-refractivity contribution in [3.05, 3.63) is 63.5 Å². The number of sulfonamides is 1. The summed E-state index contributed by atoms with van der Waals surface area (Å²) in [5.74, 6) is 0. The summed E-state index contributed by atoms with van der Waals surface area (Å²) in [4.78, 5) is 13.3. The topological polar surface area (TPSA) is 79.0 Å². The van der Waals surface area contributed by atoms with Gasteiger partial charge in [0, 0.05) is 23.3 Å². The van der Waals surface area contributed by atoms with Gasteiger partial charge >= 0.3 is 0 Å². The van der Waals surface area contributed by atoms with Gasteiger partial charge < -0.3 is 4.98 Å². The molecule has 0 spiro atoms. The van der Waals surface area contributed by atoms with Crippen LogP contribution in [0.4, 0.5) is 0 Å². The van der Waals surface area contributed by atoms with Gasteiger partial charge in [-0.15, -0.1) is 0 Å². The lowest BCUT2D eigenvalue weighted by Gasteiger charge is -2.14. The van der Waals surface area contributed by atoms with Crippen LogP contribution < -0.4 is 10.3 Å². The lowest BCUT2D eigenvalue weighted by molar-refractivity contribution is 0.559. The van der Waals surface area contributed by atoms with Gasteiger partial charge in [0.25, 0.3) is 0 Å². The molecule has 0 radical (unpaired) electrons. The summed E-state index contributed by atoms with van der Waals surface area (Å²) in [6.07, 6.45) is 1.69. The fraction of sp³-hybridized carbons (Fsp3) is 0.214. The first-order valence-electron chi connectivity index (χ1n) is 6.32. The van der Waals surface area contributed by atoms with E-state index in [9.17, 15) is 13.2 Å². The second-order valence-electron chi connectivity index (χ2n) is 4.75. The van der Waals surface area contributed by atoms with Gasteiger partial charge in [-0.05, 0) is 37.1 Å². The van der Waals surface area contributed by atoms with Crippen molar-refractivity contribution in [3.8, 4) is 0 Å². The van der Waals surface area contributed by atoms with Crippen LogP contribution in [0.2, 0.25) is 5.02 Å². The van der Waals surface area contributed by atoms with Crippen molar-refractivity contribution in [2.45, 2.75) is 24.3 Å². The third kappa shape index (κ3) is 4.42. The van der Waals surface area contributed by atoms with Crippen molar-refractivity contribution in [1.29, 1.82) is 0 Å². The molecule has 21 heavy (non-hydrogen) atoms. The molecule has 7 heteroatoms. The number of nitrogens with one attached hydrogen (secondary N) is 2. The van der Waals surface area contributed by atoms with Gasteiger partial charge in [0.1, 0.15) is 0 Å². The maximum atomic E-state index is 12.2. The van der Waals surface area contributed by atoms with E-state index in [1.54, 1.807) is 19.1 Å². The molecule has 1 unspecified atom stereocenters. The van der Waals surface area contributed by atoms with Crippen LogP contribution >= 0.6 is 11.6 Å². The van der Waals surface area contributed by atoms with E-state index in [4.69, 9.17) is 11.6 Å². The fourth-order valence-corrected chi connectivity index (χ4v) is 3.38. The van der Waals surface area contributed by atoms with E-state index < -0.39 is 10.0 Å². The van der Waals surface area contributed by atoms with Gasteiger partial charge in [-0.2, -0.15) is 0 Å². The van der Waals surface area contributed by atoms with Gasteiger partial charge in [-0.1, -0.05) is 23.7 Å². The van der Waals surface area contributed by atoms with Gasteiger partial charge in [0.05, 0.1) is 4.90 Å². The maximum Gasteiger partial charge on any atom is 0.247 e. The number of aromatic nitrogens is 1. The minimum absolute atomic E-state index is 0.0278. The van der Waals surface area contributed by atoms with Gasteiger partial charge in [-0.3, -0.25) is 4.79 Å². The van der Waals surface area contributed by atoms with Crippen molar-refractivity contribution in [1.82, 2.24) is 9.71 Å². The Bertz CT molecular complexity index is 766. The number of rotatable bonds is 5. The van der Waals surface area contributed by atoms with E-state index in [1.807, 2.05) is 12.1 Å². The molecule has 0 amide bonds. The summed E-state index contributed by atoms with van der Waals surface area (Å²) < 4.78 is 26.9. The molecule has 2 aromatic rings. The minimum Gasteiger partial charge on any atom is -0.328 e. The van der Waals surface area contributed by atoms with E-state index in [0.29, 0.717) is 11.4 Å². The van der Waals surface area contributed by atoms with E-state index in [2.05, 4.69) is 9.71 Å². The first-order valence-corrected chi connectivity index (χ1v) is 8.18. The Balaban J connectivity index is 2.09. The van der Waals surface area contributed by atoms with Crippen LogP contribution in [0.3, 0.4) is 0 Å². The average Bonchev–Trinajstić information content (AvgIpc) is 2.38. The van der Waals surface area contributed by atoms with Crippen LogP contribution in [-0.2, 0) is 16.4 Å². The molecule has 1 heterocycles. The third-order valence-electron chi connectivity index (χ3n) is 2.85. The Labute approximate surface area is 128 Å². The first-order chi connectivity index (χ1) is 9.87. The Morgan fingerprint density at radius 1 is 1.29 bits per heavy atom. The highest BCUT2D eigenvalue weighted by molar-refractivity contribution is 7.89. The molecule has 0 saturated heterocycles. The van der Waals surface area contributed by atoms with Crippen LogP contribution in [0, 0.1) is 0 Å².